The number of halogens is 2. The molecular weight excluding hydrogens is 475 g/mol. The number of carbonyl (C=O) groups excluding carboxylic acids is 2. The molecule has 0 bridgehead atoms. The average Bonchev–Trinajstić information content (AvgIpc) is 3.31. The molecule has 1 heterocycles. The van der Waals surface area contributed by atoms with E-state index in [4.69, 9.17) is 28.9 Å². The lowest BCUT2D eigenvalue weighted by molar-refractivity contribution is -0.137. The molecule has 0 spiro atoms. The minimum absolute atomic E-state index is 0.152. The second kappa shape index (κ2) is 10.5. The van der Waals surface area contributed by atoms with Gasteiger partial charge in [0.05, 0.1) is 34.0 Å². The third-order valence-corrected chi connectivity index (χ3v) is 6.17. The molecule has 1 aromatic heterocycles. The van der Waals surface area contributed by atoms with Crippen molar-refractivity contribution in [1.82, 2.24) is 15.0 Å². The van der Waals surface area contributed by atoms with Gasteiger partial charge in [-0.25, -0.2) is 9.48 Å². The number of nitrogens with zero attached hydrogens (tertiary/aromatic N) is 3. The van der Waals surface area contributed by atoms with Gasteiger partial charge >= 0.3 is 12.1 Å². The van der Waals surface area contributed by atoms with E-state index in [1.165, 1.54) is 0 Å². The Hall–Kier alpha value is -3.68. The first kappa shape index (κ1) is 23.5. The number of para-hydroxylation sites is 1. The summed E-state index contributed by atoms with van der Waals surface area (Å²) in [5.74, 6) is -1.68. The summed E-state index contributed by atoms with van der Waals surface area (Å²) in [4.78, 5) is 23.9. The first-order valence-corrected chi connectivity index (χ1v) is 11.2. The lowest BCUT2D eigenvalue weighted by atomic mass is 9.77. The van der Waals surface area contributed by atoms with Crippen molar-refractivity contribution in [2.75, 3.05) is 0 Å². The maximum atomic E-state index is 12.6. The largest absolute Gasteiger partial charge is 0.412 e. The highest BCUT2D eigenvalue weighted by Crippen LogP contribution is 2.42. The van der Waals surface area contributed by atoms with Crippen molar-refractivity contribution < 1.29 is 14.3 Å². The van der Waals surface area contributed by atoms with Crippen LogP contribution in [0.15, 0.2) is 85.1 Å². The van der Waals surface area contributed by atoms with Crippen LogP contribution >= 0.6 is 23.2 Å². The van der Waals surface area contributed by atoms with Gasteiger partial charge in [-0.15, -0.1) is 5.10 Å². The zero-order valence-electron chi connectivity index (χ0n) is 17.8. The molecule has 0 aliphatic rings. The molecule has 0 saturated heterocycles. The van der Waals surface area contributed by atoms with Gasteiger partial charge < -0.3 is 10.5 Å². The van der Waals surface area contributed by atoms with Crippen LogP contribution in [0.2, 0.25) is 10.0 Å². The molecule has 9 heteroatoms. The van der Waals surface area contributed by atoms with Crippen LogP contribution < -0.4 is 5.73 Å². The highest BCUT2D eigenvalue weighted by atomic mass is 35.5. The number of hydrogen-bond acceptors (Lipinski definition) is 5. The van der Waals surface area contributed by atoms with Gasteiger partial charge in [0.25, 0.3) is 0 Å². The Morgan fingerprint density at radius 2 is 1.59 bits per heavy atom. The van der Waals surface area contributed by atoms with E-state index >= 15 is 0 Å². The van der Waals surface area contributed by atoms with Gasteiger partial charge in [0.2, 0.25) is 0 Å². The van der Waals surface area contributed by atoms with Gasteiger partial charge in [-0.2, -0.15) is 0 Å². The minimum atomic E-state index is -1.16. The number of esters is 1. The average molecular weight is 495 g/mol. The van der Waals surface area contributed by atoms with Gasteiger partial charge in [0.15, 0.2) is 0 Å². The van der Waals surface area contributed by atoms with Crippen LogP contribution in [-0.4, -0.2) is 27.1 Å². The molecular formula is C25H20Cl2N4O3. The van der Waals surface area contributed by atoms with Gasteiger partial charge in [-0.1, -0.05) is 83.0 Å². The fourth-order valence-corrected chi connectivity index (χ4v) is 4.31. The number of primary amides is 1. The molecule has 2 atom stereocenters. The summed E-state index contributed by atoms with van der Waals surface area (Å²) >= 11 is 12.5. The molecule has 4 aromatic rings. The Morgan fingerprint density at radius 3 is 2.24 bits per heavy atom. The van der Waals surface area contributed by atoms with E-state index in [-0.39, 0.29) is 6.42 Å². The summed E-state index contributed by atoms with van der Waals surface area (Å²) < 4.78 is 6.40. The lowest BCUT2D eigenvalue weighted by Gasteiger charge is -2.28. The Morgan fingerprint density at radius 1 is 0.912 bits per heavy atom. The van der Waals surface area contributed by atoms with Gasteiger partial charge in [0.1, 0.15) is 0 Å². The van der Waals surface area contributed by atoms with Crippen LogP contribution in [0.5, 0.6) is 0 Å². The Bertz CT molecular complexity index is 1300. The van der Waals surface area contributed by atoms with E-state index in [1.807, 2.05) is 60.7 Å². The molecule has 2 unspecified atom stereocenters. The second-order valence-corrected chi connectivity index (χ2v) is 8.39. The number of aromatic nitrogens is 3. The summed E-state index contributed by atoms with van der Waals surface area (Å²) in [5, 5.41) is 9.18. The number of nitrogens with two attached hydrogens (primary N) is 1. The fourth-order valence-electron chi connectivity index (χ4n) is 4.00. The molecule has 0 aliphatic heterocycles. The van der Waals surface area contributed by atoms with Crippen LogP contribution in [0.1, 0.15) is 35.1 Å². The van der Waals surface area contributed by atoms with Crippen LogP contribution in [0.25, 0.3) is 5.69 Å². The molecule has 2 N–H and O–H groups in total. The lowest BCUT2D eigenvalue weighted by Crippen LogP contribution is -2.24. The highest BCUT2D eigenvalue weighted by Gasteiger charge is 2.33. The third-order valence-electron chi connectivity index (χ3n) is 5.43. The molecule has 0 radical (unpaired) electrons. The number of hydrogen-bond donors (Lipinski definition) is 1. The van der Waals surface area contributed by atoms with Crippen LogP contribution in [-0.2, 0) is 9.53 Å². The number of ether oxygens (including phenoxy) is 1. The Balaban J connectivity index is 1.89. The maximum Gasteiger partial charge on any atom is 0.412 e. The summed E-state index contributed by atoms with van der Waals surface area (Å²) in [6.07, 6.45) is 0.347. The number of carbonyl (C=O) groups is 2. The van der Waals surface area contributed by atoms with E-state index in [1.54, 1.807) is 29.1 Å². The Kier molecular flexibility index (Phi) is 7.25. The Labute approximate surface area is 206 Å². The molecule has 0 saturated carbocycles. The zero-order valence-corrected chi connectivity index (χ0v) is 19.4. The predicted octanol–water partition coefficient (Wildman–Crippen LogP) is 5.50. The van der Waals surface area contributed by atoms with Crippen LogP contribution in [0, 0.1) is 0 Å². The van der Waals surface area contributed by atoms with Crippen molar-refractivity contribution in [3.8, 4) is 5.69 Å². The summed E-state index contributed by atoms with van der Waals surface area (Å²) in [7, 11) is 0. The summed E-state index contributed by atoms with van der Waals surface area (Å²) in [6.45, 7) is 0. The van der Waals surface area contributed by atoms with Gasteiger partial charge in [0, 0.05) is 11.8 Å². The highest BCUT2D eigenvalue weighted by molar-refractivity contribution is 6.42. The van der Waals surface area contributed by atoms with E-state index < -0.39 is 23.9 Å². The summed E-state index contributed by atoms with van der Waals surface area (Å²) in [5.41, 5.74) is 8.27. The van der Waals surface area contributed by atoms with Gasteiger partial charge in [-0.05, 0) is 35.4 Å². The minimum Gasteiger partial charge on any atom is -0.376 e. The standard InChI is InChI=1S/C25H20Cl2N4O3/c26-20-12-11-17(13-21(20)27)19(14-23(32)34-25(28)33)24(16-7-3-1-4-8-16)22-15-29-30-31(22)18-9-5-2-6-10-18/h1-13,15,19,24H,14H2,(H2,28,33). The predicted molar refractivity (Wildman–Crippen MR) is 129 cm³/mol. The number of amides is 1. The first-order chi connectivity index (χ1) is 16.4. The monoisotopic (exact) mass is 494 g/mol. The number of benzene rings is 3. The molecule has 4 rings (SSSR count). The van der Waals surface area contributed by atoms with E-state index in [0.717, 1.165) is 22.5 Å². The third kappa shape index (κ3) is 5.27. The van der Waals surface area contributed by atoms with Gasteiger partial charge in [-0.3, -0.25) is 4.79 Å². The zero-order chi connectivity index (χ0) is 24.1. The van der Waals surface area contributed by atoms with Crippen LogP contribution in [0.3, 0.4) is 0 Å². The van der Waals surface area contributed by atoms with Crippen molar-refractivity contribution in [2.24, 2.45) is 5.73 Å². The number of rotatable bonds is 7. The smallest absolute Gasteiger partial charge is 0.376 e. The van der Waals surface area contributed by atoms with Crippen molar-refractivity contribution in [3.63, 3.8) is 0 Å². The van der Waals surface area contributed by atoms with E-state index in [2.05, 4.69) is 15.0 Å². The molecule has 0 fully saturated rings. The van der Waals surface area contributed by atoms with Crippen molar-refractivity contribution >= 4 is 35.3 Å². The van der Waals surface area contributed by atoms with E-state index in [0.29, 0.717) is 10.0 Å². The maximum absolute atomic E-state index is 12.6. The normalized spacial score (nSPS) is 12.6. The second-order valence-electron chi connectivity index (χ2n) is 7.57. The molecule has 1 amide bonds. The van der Waals surface area contributed by atoms with Crippen molar-refractivity contribution in [1.29, 1.82) is 0 Å². The molecule has 0 aliphatic carbocycles. The van der Waals surface area contributed by atoms with Crippen molar-refractivity contribution in [3.05, 3.63) is 112 Å². The molecule has 34 heavy (non-hydrogen) atoms. The van der Waals surface area contributed by atoms with E-state index in [9.17, 15) is 9.59 Å². The topological polar surface area (TPSA) is 100 Å². The fraction of sp³-hybridized carbons (Fsp3) is 0.120. The molecule has 3 aromatic carbocycles. The first-order valence-electron chi connectivity index (χ1n) is 10.4. The molecule has 172 valence electrons. The van der Waals surface area contributed by atoms with Crippen molar-refractivity contribution in [2.45, 2.75) is 18.3 Å². The quantitative estimate of drug-likeness (QED) is 0.270. The molecule has 7 nitrogen and oxygen atoms in total. The SMILES string of the molecule is NC(=O)OC(=O)CC(c1ccc(Cl)c(Cl)c1)C(c1ccccc1)c1cnnn1-c1ccccc1. The summed E-state index contributed by atoms with van der Waals surface area (Å²) in [6, 6.07) is 24.3. The van der Waals surface area contributed by atoms with Crippen LogP contribution in [0.4, 0.5) is 4.79 Å².